The van der Waals surface area contributed by atoms with Crippen LogP contribution >= 0.6 is 0 Å². The van der Waals surface area contributed by atoms with Crippen molar-refractivity contribution in [3.8, 4) is 11.5 Å². The lowest BCUT2D eigenvalue weighted by atomic mass is 9.94. The molecule has 1 atom stereocenters. The summed E-state index contributed by atoms with van der Waals surface area (Å²) in [5.74, 6) is -0.303. The first-order valence-corrected chi connectivity index (χ1v) is 8.24. The smallest absolute Gasteiger partial charge is 0.370 e. The first-order chi connectivity index (χ1) is 12.3. The predicted octanol–water partition coefficient (Wildman–Crippen LogP) is 2.65. The van der Waals surface area contributed by atoms with Gasteiger partial charge in [-0.1, -0.05) is 6.07 Å². The van der Waals surface area contributed by atoms with Crippen molar-refractivity contribution in [2.24, 2.45) is 11.7 Å². The van der Waals surface area contributed by atoms with Crippen LogP contribution in [0.4, 0.5) is 19.0 Å². The molecule has 2 aromatic heterocycles. The molecule has 0 saturated carbocycles. The summed E-state index contributed by atoms with van der Waals surface area (Å²) in [6.07, 6.45) is -1.35. The maximum absolute atomic E-state index is 13.3. The number of carbonyl (C=O) groups is 1. The summed E-state index contributed by atoms with van der Waals surface area (Å²) in [5.41, 5.74) is 4.50. The summed E-state index contributed by atoms with van der Waals surface area (Å²) >= 11 is 0. The van der Waals surface area contributed by atoms with Gasteiger partial charge in [-0.05, 0) is 30.9 Å². The molecule has 3 heterocycles. The van der Waals surface area contributed by atoms with Gasteiger partial charge in [0.1, 0.15) is 11.5 Å². The van der Waals surface area contributed by atoms with Gasteiger partial charge in [0.2, 0.25) is 5.91 Å². The lowest BCUT2D eigenvalue weighted by Crippen LogP contribution is -2.37. The highest BCUT2D eigenvalue weighted by Gasteiger charge is 2.35. The molecule has 2 N–H and O–H groups in total. The minimum Gasteiger partial charge on any atom is -0.370 e. The molecule has 0 spiro atoms. The zero-order valence-corrected chi connectivity index (χ0v) is 13.9. The Hall–Kier alpha value is -2.71. The van der Waals surface area contributed by atoms with Crippen molar-refractivity contribution in [2.75, 3.05) is 18.0 Å². The zero-order valence-electron chi connectivity index (χ0n) is 13.9. The van der Waals surface area contributed by atoms with E-state index in [0.29, 0.717) is 13.1 Å². The van der Waals surface area contributed by atoms with Crippen molar-refractivity contribution in [3.63, 3.8) is 0 Å². The first-order valence-electron chi connectivity index (χ1n) is 8.24. The molecule has 1 amide bonds. The van der Waals surface area contributed by atoms with Crippen LogP contribution in [0.25, 0.3) is 11.5 Å². The second kappa shape index (κ2) is 7.27. The highest BCUT2D eigenvalue weighted by molar-refractivity contribution is 5.74. The van der Waals surface area contributed by atoms with Crippen molar-refractivity contribution in [2.45, 2.75) is 25.4 Å². The van der Waals surface area contributed by atoms with Gasteiger partial charge < -0.3 is 10.6 Å². The molecular weight excluding hydrogens is 347 g/mol. The number of hydrogen-bond acceptors (Lipinski definition) is 5. The van der Waals surface area contributed by atoms with Gasteiger partial charge in [-0.2, -0.15) is 13.2 Å². The number of carbonyl (C=O) groups excluding carboxylic acids is 1. The second-order valence-electron chi connectivity index (χ2n) is 6.27. The summed E-state index contributed by atoms with van der Waals surface area (Å²) in [6.45, 7) is 0.990. The number of piperidine rings is 1. The number of nitrogens with two attached hydrogens (primary N) is 1. The third-order valence-electron chi connectivity index (χ3n) is 4.23. The summed E-state index contributed by atoms with van der Waals surface area (Å²) in [5, 5.41) is 0. The third-order valence-corrected chi connectivity index (χ3v) is 4.23. The second-order valence-corrected chi connectivity index (χ2v) is 6.27. The molecule has 138 valence electrons. The van der Waals surface area contributed by atoms with Crippen molar-refractivity contribution in [3.05, 3.63) is 36.2 Å². The molecular formula is C17H18F3N5O. The molecule has 1 fully saturated rings. The summed E-state index contributed by atoms with van der Waals surface area (Å²) in [7, 11) is 0. The van der Waals surface area contributed by atoms with E-state index in [2.05, 4.69) is 15.0 Å². The molecule has 3 rings (SSSR count). The molecule has 6 nitrogen and oxygen atoms in total. The number of aromatic nitrogens is 3. The van der Waals surface area contributed by atoms with Crippen molar-refractivity contribution in [1.29, 1.82) is 0 Å². The van der Waals surface area contributed by atoms with Crippen molar-refractivity contribution >= 4 is 11.7 Å². The van der Waals surface area contributed by atoms with E-state index < -0.39 is 17.8 Å². The number of nitrogens with zero attached hydrogens (tertiary/aromatic N) is 4. The van der Waals surface area contributed by atoms with Crippen LogP contribution in [0.15, 0.2) is 30.5 Å². The largest absolute Gasteiger partial charge is 0.433 e. The minimum absolute atomic E-state index is 0.00357. The number of amides is 1. The fraction of sp³-hybridized carbons (Fsp3) is 0.412. The van der Waals surface area contributed by atoms with Crippen LogP contribution in [-0.4, -0.2) is 33.9 Å². The topological polar surface area (TPSA) is 85.0 Å². The van der Waals surface area contributed by atoms with E-state index in [1.54, 1.807) is 23.1 Å². The molecule has 0 radical (unpaired) electrons. The van der Waals surface area contributed by atoms with Crippen LogP contribution in [0, 0.1) is 5.92 Å². The average Bonchev–Trinajstić information content (AvgIpc) is 2.61. The lowest BCUT2D eigenvalue weighted by Gasteiger charge is -2.33. The molecule has 1 unspecified atom stereocenters. The van der Waals surface area contributed by atoms with E-state index >= 15 is 0 Å². The highest BCUT2D eigenvalue weighted by Crippen LogP contribution is 2.32. The van der Waals surface area contributed by atoms with Crippen LogP contribution in [0.5, 0.6) is 0 Å². The van der Waals surface area contributed by atoms with Crippen LogP contribution < -0.4 is 10.6 Å². The monoisotopic (exact) mass is 365 g/mol. The Kier molecular flexibility index (Phi) is 5.06. The fourth-order valence-corrected chi connectivity index (χ4v) is 3.08. The molecule has 9 heteroatoms. The summed E-state index contributed by atoms with van der Waals surface area (Å²) in [6, 6.07) is 5.83. The predicted molar refractivity (Wildman–Crippen MR) is 89.0 cm³/mol. The van der Waals surface area contributed by atoms with Gasteiger partial charge in [0.25, 0.3) is 0 Å². The van der Waals surface area contributed by atoms with Crippen LogP contribution in [0.1, 0.15) is 25.0 Å². The van der Waals surface area contributed by atoms with Crippen LogP contribution in [-0.2, 0) is 11.0 Å². The fourth-order valence-electron chi connectivity index (χ4n) is 3.08. The Morgan fingerprint density at radius 2 is 2.12 bits per heavy atom. The van der Waals surface area contributed by atoms with E-state index in [4.69, 9.17) is 5.73 Å². The zero-order chi connectivity index (χ0) is 18.7. The van der Waals surface area contributed by atoms with Gasteiger partial charge in [-0.25, -0.2) is 9.97 Å². The van der Waals surface area contributed by atoms with E-state index in [1.807, 2.05) is 0 Å². The molecule has 0 bridgehead atoms. The first kappa shape index (κ1) is 18.1. The van der Waals surface area contributed by atoms with E-state index in [0.717, 1.165) is 18.9 Å². The van der Waals surface area contributed by atoms with E-state index in [1.165, 1.54) is 6.20 Å². The number of halogens is 3. The van der Waals surface area contributed by atoms with Gasteiger partial charge >= 0.3 is 6.18 Å². The standard InChI is InChI=1S/C17H18F3N5O/c18-17(19,20)13-9-15(24-16(23-13)12-5-1-2-6-22-12)25-7-3-4-11(10-25)8-14(21)26/h1-2,5-6,9,11H,3-4,7-8,10H2,(H2,21,26). The Morgan fingerprint density at radius 1 is 1.31 bits per heavy atom. The van der Waals surface area contributed by atoms with Gasteiger partial charge in [0, 0.05) is 31.8 Å². The Balaban J connectivity index is 1.96. The number of hydrogen-bond donors (Lipinski definition) is 1. The number of rotatable bonds is 4. The molecule has 0 aliphatic carbocycles. The quantitative estimate of drug-likeness (QED) is 0.900. The summed E-state index contributed by atoms with van der Waals surface area (Å²) in [4.78, 5) is 24.9. The number of alkyl halides is 3. The van der Waals surface area contributed by atoms with Crippen LogP contribution in [0.3, 0.4) is 0 Å². The Labute approximate surface area is 148 Å². The average molecular weight is 365 g/mol. The Bertz CT molecular complexity index is 782. The molecule has 2 aromatic rings. The lowest BCUT2D eigenvalue weighted by molar-refractivity contribution is -0.141. The maximum atomic E-state index is 13.3. The third kappa shape index (κ3) is 4.27. The molecule has 1 aliphatic heterocycles. The normalized spacial score (nSPS) is 18.0. The SMILES string of the molecule is NC(=O)CC1CCCN(c2cc(C(F)(F)F)nc(-c3ccccn3)n2)C1. The van der Waals surface area contributed by atoms with Gasteiger partial charge in [-0.3, -0.25) is 9.78 Å². The Morgan fingerprint density at radius 3 is 2.77 bits per heavy atom. The number of primary amides is 1. The number of pyridine rings is 1. The molecule has 26 heavy (non-hydrogen) atoms. The molecule has 1 aliphatic rings. The summed E-state index contributed by atoms with van der Waals surface area (Å²) < 4.78 is 39.9. The molecule has 0 aromatic carbocycles. The van der Waals surface area contributed by atoms with E-state index in [9.17, 15) is 18.0 Å². The van der Waals surface area contributed by atoms with Crippen LogP contribution in [0.2, 0.25) is 0 Å². The van der Waals surface area contributed by atoms with Gasteiger partial charge in [0.05, 0.1) is 0 Å². The maximum Gasteiger partial charge on any atom is 0.433 e. The van der Waals surface area contributed by atoms with Gasteiger partial charge in [-0.15, -0.1) is 0 Å². The number of anilines is 1. The highest BCUT2D eigenvalue weighted by atomic mass is 19.4. The van der Waals surface area contributed by atoms with Crippen molar-refractivity contribution in [1.82, 2.24) is 15.0 Å². The van der Waals surface area contributed by atoms with Crippen molar-refractivity contribution < 1.29 is 18.0 Å². The van der Waals surface area contributed by atoms with Gasteiger partial charge in [0.15, 0.2) is 11.5 Å². The molecule has 1 saturated heterocycles. The minimum atomic E-state index is -4.59. The van der Waals surface area contributed by atoms with E-state index in [-0.39, 0.29) is 29.7 Å².